The van der Waals surface area contributed by atoms with Gasteiger partial charge in [-0.3, -0.25) is 9.78 Å². The van der Waals surface area contributed by atoms with Gasteiger partial charge < -0.3 is 15.0 Å². The predicted molar refractivity (Wildman–Crippen MR) is 100 cm³/mol. The smallest absolute Gasteiger partial charge is 0.272 e. The van der Waals surface area contributed by atoms with Crippen molar-refractivity contribution in [3.05, 3.63) is 59.9 Å². The second-order valence-electron chi connectivity index (χ2n) is 7.18. The summed E-state index contributed by atoms with van der Waals surface area (Å²) < 4.78 is 5.87. The highest BCUT2D eigenvalue weighted by molar-refractivity contribution is 5.92. The first kappa shape index (κ1) is 17.0. The molecule has 2 aliphatic heterocycles. The molecule has 1 unspecified atom stereocenters. The third-order valence-corrected chi connectivity index (χ3v) is 5.32. The van der Waals surface area contributed by atoms with E-state index in [1.807, 2.05) is 29.2 Å². The number of nitrogens with one attached hydrogen (secondary N) is 1. The maximum atomic E-state index is 12.5. The molecular formula is C21H25N3O2. The van der Waals surface area contributed by atoms with Crippen molar-refractivity contribution in [3.63, 3.8) is 0 Å². The molecule has 0 aliphatic carbocycles. The van der Waals surface area contributed by atoms with Gasteiger partial charge in [0.1, 0.15) is 11.4 Å². The Kier molecular flexibility index (Phi) is 5.16. The van der Waals surface area contributed by atoms with Gasteiger partial charge in [0.2, 0.25) is 0 Å². The van der Waals surface area contributed by atoms with Gasteiger partial charge in [0.05, 0.1) is 6.61 Å². The highest BCUT2D eigenvalue weighted by atomic mass is 16.5. The average molecular weight is 351 g/mol. The zero-order chi connectivity index (χ0) is 17.8. The average Bonchev–Trinajstić information content (AvgIpc) is 2.72. The second kappa shape index (κ2) is 7.87. The van der Waals surface area contributed by atoms with Crippen LogP contribution in [0.1, 0.15) is 28.9 Å². The number of fused-ring (bicyclic) bond motifs is 1. The predicted octanol–water partition coefficient (Wildman–Crippen LogP) is 2.53. The van der Waals surface area contributed by atoms with Crippen molar-refractivity contribution >= 4 is 5.91 Å². The number of ether oxygens (including phenoxy) is 1. The van der Waals surface area contributed by atoms with E-state index in [1.165, 1.54) is 5.56 Å². The van der Waals surface area contributed by atoms with Crippen molar-refractivity contribution in [3.8, 4) is 5.75 Å². The van der Waals surface area contributed by atoms with Crippen molar-refractivity contribution in [1.29, 1.82) is 0 Å². The Morgan fingerprint density at radius 3 is 2.77 bits per heavy atom. The number of carbonyl (C=O) groups excluding carboxylic acids is 1. The number of carbonyl (C=O) groups is 1. The third kappa shape index (κ3) is 3.88. The number of benzene rings is 1. The van der Waals surface area contributed by atoms with Gasteiger partial charge in [0, 0.05) is 37.8 Å². The van der Waals surface area contributed by atoms with E-state index in [4.69, 9.17) is 4.74 Å². The summed E-state index contributed by atoms with van der Waals surface area (Å²) in [5.41, 5.74) is 1.85. The van der Waals surface area contributed by atoms with Crippen LogP contribution in [0.4, 0.5) is 0 Å². The zero-order valence-corrected chi connectivity index (χ0v) is 14.9. The summed E-state index contributed by atoms with van der Waals surface area (Å²) in [7, 11) is 0. The van der Waals surface area contributed by atoms with E-state index in [9.17, 15) is 4.79 Å². The third-order valence-electron chi connectivity index (χ3n) is 5.32. The van der Waals surface area contributed by atoms with Crippen LogP contribution in [0.15, 0.2) is 48.7 Å². The first-order chi connectivity index (χ1) is 12.8. The fraction of sp³-hybridized carbons (Fsp3) is 0.429. The molecule has 1 saturated heterocycles. The van der Waals surface area contributed by atoms with Gasteiger partial charge in [0.15, 0.2) is 0 Å². The van der Waals surface area contributed by atoms with E-state index < -0.39 is 0 Å². The summed E-state index contributed by atoms with van der Waals surface area (Å²) in [6.07, 6.45) is 4.72. The largest absolute Gasteiger partial charge is 0.493 e. The van der Waals surface area contributed by atoms with E-state index in [0.29, 0.717) is 17.7 Å². The van der Waals surface area contributed by atoms with Crippen LogP contribution in [0.3, 0.4) is 0 Å². The van der Waals surface area contributed by atoms with E-state index in [1.54, 1.807) is 12.3 Å². The molecular weight excluding hydrogens is 326 g/mol. The lowest BCUT2D eigenvalue weighted by molar-refractivity contribution is 0.0696. The minimum Gasteiger partial charge on any atom is -0.493 e. The minimum absolute atomic E-state index is 0.0429. The lowest BCUT2D eigenvalue weighted by atomic mass is 9.95. The highest BCUT2D eigenvalue weighted by Crippen LogP contribution is 2.26. The van der Waals surface area contributed by atoms with Crippen LogP contribution < -0.4 is 10.1 Å². The molecule has 1 aromatic carbocycles. The summed E-state index contributed by atoms with van der Waals surface area (Å²) in [4.78, 5) is 18.5. The normalized spacial score (nSPS) is 20.3. The fourth-order valence-corrected chi connectivity index (χ4v) is 3.79. The van der Waals surface area contributed by atoms with Crippen molar-refractivity contribution in [2.75, 3.05) is 26.2 Å². The number of hydrogen-bond acceptors (Lipinski definition) is 4. The van der Waals surface area contributed by atoms with Gasteiger partial charge in [-0.25, -0.2) is 0 Å². The number of nitrogens with zero attached hydrogens (tertiary/aromatic N) is 2. The van der Waals surface area contributed by atoms with Crippen molar-refractivity contribution in [2.24, 2.45) is 5.92 Å². The first-order valence-electron chi connectivity index (χ1n) is 9.44. The number of amides is 1. The molecule has 1 amide bonds. The summed E-state index contributed by atoms with van der Waals surface area (Å²) in [6, 6.07) is 14.3. The Balaban J connectivity index is 1.23. The molecule has 1 N–H and O–H groups in total. The molecule has 3 heterocycles. The number of piperidine rings is 1. The molecule has 1 aromatic heterocycles. The monoisotopic (exact) mass is 351 g/mol. The summed E-state index contributed by atoms with van der Waals surface area (Å²) in [6.45, 7) is 3.32. The molecule has 5 heteroatoms. The summed E-state index contributed by atoms with van der Waals surface area (Å²) in [5.74, 6) is 1.59. The fourth-order valence-electron chi connectivity index (χ4n) is 3.79. The Morgan fingerprint density at radius 1 is 1.15 bits per heavy atom. The highest BCUT2D eigenvalue weighted by Gasteiger charge is 2.25. The lowest BCUT2D eigenvalue weighted by Gasteiger charge is -2.33. The Morgan fingerprint density at radius 2 is 1.96 bits per heavy atom. The number of hydrogen-bond donors (Lipinski definition) is 1. The maximum absolute atomic E-state index is 12.5. The van der Waals surface area contributed by atoms with Crippen LogP contribution in [0.25, 0.3) is 0 Å². The molecule has 136 valence electrons. The van der Waals surface area contributed by atoms with E-state index in [-0.39, 0.29) is 5.91 Å². The van der Waals surface area contributed by atoms with Gasteiger partial charge in [-0.05, 0) is 43.0 Å². The number of aromatic nitrogens is 1. The van der Waals surface area contributed by atoms with Crippen LogP contribution in [-0.4, -0.2) is 48.1 Å². The van der Waals surface area contributed by atoms with Crippen LogP contribution in [-0.2, 0) is 6.42 Å². The van der Waals surface area contributed by atoms with Gasteiger partial charge in [-0.2, -0.15) is 0 Å². The first-order valence-corrected chi connectivity index (χ1v) is 9.44. The number of rotatable bonds is 4. The van der Waals surface area contributed by atoms with Crippen molar-refractivity contribution in [2.45, 2.75) is 25.3 Å². The van der Waals surface area contributed by atoms with E-state index in [0.717, 1.165) is 51.3 Å². The van der Waals surface area contributed by atoms with Crippen LogP contribution in [0.5, 0.6) is 5.75 Å². The molecule has 5 nitrogen and oxygen atoms in total. The number of pyridine rings is 1. The number of para-hydroxylation sites is 1. The van der Waals surface area contributed by atoms with Crippen LogP contribution in [0, 0.1) is 5.92 Å². The van der Waals surface area contributed by atoms with Crippen molar-refractivity contribution < 1.29 is 9.53 Å². The lowest BCUT2D eigenvalue weighted by Crippen LogP contribution is -2.46. The molecule has 0 radical (unpaired) electrons. The zero-order valence-electron chi connectivity index (χ0n) is 14.9. The summed E-state index contributed by atoms with van der Waals surface area (Å²) in [5, 5.41) is 3.69. The Hall–Kier alpha value is -2.40. The molecule has 2 aromatic rings. The molecule has 26 heavy (non-hydrogen) atoms. The SMILES string of the molecule is O=C(c1ccccn1)N1CCC(NCC2COc3ccccc3C2)CC1. The molecule has 1 atom stereocenters. The van der Waals surface area contributed by atoms with Gasteiger partial charge >= 0.3 is 0 Å². The van der Waals surface area contributed by atoms with E-state index in [2.05, 4.69) is 22.4 Å². The van der Waals surface area contributed by atoms with Crippen LogP contribution in [0.2, 0.25) is 0 Å². The molecule has 0 bridgehead atoms. The maximum Gasteiger partial charge on any atom is 0.272 e. The molecule has 2 aliphatic rings. The van der Waals surface area contributed by atoms with Gasteiger partial charge in [-0.15, -0.1) is 0 Å². The molecule has 1 fully saturated rings. The Bertz CT molecular complexity index is 742. The number of likely N-dealkylation sites (tertiary alicyclic amines) is 1. The van der Waals surface area contributed by atoms with Gasteiger partial charge in [-0.1, -0.05) is 24.3 Å². The van der Waals surface area contributed by atoms with Crippen LogP contribution >= 0.6 is 0 Å². The van der Waals surface area contributed by atoms with Crippen molar-refractivity contribution in [1.82, 2.24) is 15.2 Å². The topological polar surface area (TPSA) is 54.5 Å². The molecule has 0 saturated carbocycles. The second-order valence-corrected chi connectivity index (χ2v) is 7.18. The minimum atomic E-state index is 0.0429. The van der Waals surface area contributed by atoms with E-state index >= 15 is 0 Å². The van der Waals surface area contributed by atoms with Gasteiger partial charge in [0.25, 0.3) is 5.91 Å². The quantitative estimate of drug-likeness (QED) is 0.920. The summed E-state index contributed by atoms with van der Waals surface area (Å²) >= 11 is 0. The molecule has 0 spiro atoms. The Labute approximate surface area is 154 Å². The molecule has 4 rings (SSSR count). The standard InChI is InChI=1S/C21H25N3O2/c25-21(19-6-3-4-10-22-19)24-11-8-18(9-12-24)23-14-16-13-17-5-1-2-7-20(17)26-15-16/h1-7,10,16,18,23H,8-9,11-15H2.